The number of carbonyl (C=O) groups is 1. The van der Waals surface area contributed by atoms with Gasteiger partial charge in [0.05, 0.1) is 21.7 Å². The molecule has 0 aliphatic carbocycles. The van der Waals surface area contributed by atoms with E-state index < -0.39 is 27.4 Å². The molecule has 0 heterocycles. The van der Waals surface area contributed by atoms with Gasteiger partial charge in [-0.3, -0.25) is 19.2 Å². The van der Waals surface area contributed by atoms with Crippen molar-refractivity contribution in [3.05, 3.63) is 100 Å². The van der Waals surface area contributed by atoms with Gasteiger partial charge >= 0.3 is 0 Å². The van der Waals surface area contributed by atoms with Gasteiger partial charge in [0.2, 0.25) is 0 Å². The Morgan fingerprint density at radius 3 is 2.35 bits per heavy atom. The second-order valence-corrected chi connectivity index (χ2v) is 9.58. The van der Waals surface area contributed by atoms with Crippen LogP contribution in [-0.2, 0) is 14.8 Å². The maximum absolute atomic E-state index is 13.3. The maximum Gasteiger partial charge on any atom is 0.270 e. The van der Waals surface area contributed by atoms with Crippen molar-refractivity contribution in [2.24, 2.45) is 5.10 Å². The molecule has 9 nitrogen and oxygen atoms in total. The van der Waals surface area contributed by atoms with Gasteiger partial charge in [-0.2, -0.15) is 5.10 Å². The zero-order valence-corrected chi connectivity index (χ0v) is 19.5. The molecule has 176 valence electrons. The second-order valence-electron chi connectivity index (χ2n) is 7.72. The Hall–Kier alpha value is -4.05. The number of nitro groups is 1. The highest BCUT2D eigenvalue weighted by Gasteiger charge is 2.27. The second kappa shape index (κ2) is 10.7. The molecular weight excluding hydrogens is 456 g/mol. The van der Waals surface area contributed by atoms with Gasteiger partial charge in [0.15, 0.2) is 0 Å². The summed E-state index contributed by atoms with van der Waals surface area (Å²) in [6.45, 7) is 3.55. The summed E-state index contributed by atoms with van der Waals surface area (Å²) in [4.78, 5) is 23.0. The third kappa shape index (κ3) is 6.04. The lowest BCUT2D eigenvalue weighted by Crippen LogP contribution is -2.39. The van der Waals surface area contributed by atoms with Gasteiger partial charge < -0.3 is 0 Å². The number of rotatable bonds is 9. The number of sulfonamides is 1. The summed E-state index contributed by atoms with van der Waals surface area (Å²) in [6, 6.07) is 20.5. The fourth-order valence-electron chi connectivity index (χ4n) is 3.12. The SMILES string of the molecule is CC(C)c1ccc(N(CC(=O)N/N=C\c2cccc([N+](=O)[O-])c2)S(=O)(=O)c2ccccc2)cc1. The van der Waals surface area contributed by atoms with E-state index in [0.29, 0.717) is 11.3 Å². The monoisotopic (exact) mass is 480 g/mol. The minimum Gasteiger partial charge on any atom is -0.271 e. The fourth-order valence-corrected chi connectivity index (χ4v) is 4.57. The lowest BCUT2D eigenvalue weighted by molar-refractivity contribution is -0.384. The standard InChI is InChI=1S/C24H24N4O5S/c1-18(2)20-11-13-21(14-12-20)27(34(32,33)23-9-4-3-5-10-23)17-24(29)26-25-16-19-7-6-8-22(15-19)28(30)31/h3-16,18H,17H2,1-2H3,(H,26,29)/b25-16-. The van der Waals surface area contributed by atoms with Crippen molar-refractivity contribution in [2.45, 2.75) is 24.7 Å². The third-order valence-electron chi connectivity index (χ3n) is 4.95. The van der Waals surface area contributed by atoms with Crippen LogP contribution in [0.15, 0.2) is 88.9 Å². The van der Waals surface area contributed by atoms with Crippen LogP contribution in [0, 0.1) is 10.1 Å². The van der Waals surface area contributed by atoms with E-state index in [1.165, 1.54) is 36.5 Å². The first-order valence-electron chi connectivity index (χ1n) is 10.4. The zero-order chi connectivity index (χ0) is 24.7. The van der Waals surface area contributed by atoms with Crippen molar-refractivity contribution in [3.63, 3.8) is 0 Å². The Kier molecular flexibility index (Phi) is 7.75. The van der Waals surface area contributed by atoms with Gasteiger partial charge in [-0.15, -0.1) is 0 Å². The molecule has 0 bridgehead atoms. The van der Waals surface area contributed by atoms with Crippen LogP contribution in [0.3, 0.4) is 0 Å². The van der Waals surface area contributed by atoms with Gasteiger partial charge in [-0.25, -0.2) is 13.8 Å². The number of benzene rings is 3. The number of nitrogens with zero attached hydrogens (tertiary/aromatic N) is 3. The molecule has 3 rings (SSSR count). The average Bonchev–Trinajstić information content (AvgIpc) is 2.83. The van der Waals surface area contributed by atoms with Gasteiger partial charge in [-0.1, -0.05) is 56.3 Å². The highest BCUT2D eigenvalue weighted by atomic mass is 32.2. The topological polar surface area (TPSA) is 122 Å². The summed E-state index contributed by atoms with van der Waals surface area (Å²) in [5.74, 6) is -0.409. The molecule has 0 unspecified atom stereocenters. The van der Waals surface area contributed by atoms with E-state index >= 15 is 0 Å². The van der Waals surface area contributed by atoms with Gasteiger partial charge in [0, 0.05) is 17.7 Å². The Labute approximate surface area is 197 Å². The minimum absolute atomic E-state index is 0.0517. The molecule has 1 amide bonds. The van der Waals surface area contributed by atoms with Crippen molar-refractivity contribution >= 4 is 33.5 Å². The van der Waals surface area contributed by atoms with Crippen LogP contribution in [0.25, 0.3) is 0 Å². The van der Waals surface area contributed by atoms with E-state index in [9.17, 15) is 23.3 Å². The van der Waals surface area contributed by atoms with Gasteiger partial charge in [0.1, 0.15) is 6.54 Å². The highest BCUT2D eigenvalue weighted by Crippen LogP contribution is 2.25. The highest BCUT2D eigenvalue weighted by molar-refractivity contribution is 7.92. The predicted octanol–water partition coefficient (Wildman–Crippen LogP) is 4.06. The summed E-state index contributed by atoms with van der Waals surface area (Å²) >= 11 is 0. The van der Waals surface area contributed by atoms with Crippen molar-refractivity contribution in [1.82, 2.24) is 5.43 Å². The normalized spacial score (nSPS) is 11.5. The maximum atomic E-state index is 13.3. The third-order valence-corrected chi connectivity index (χ3v) is 6.74. The Morgan fingerprint density at radius 2 is 1.74 bits per heavy atom. The molecule has 0 aliphatic rings. The molecule has 34 heavy (non-hydrogen) atoms. The number of hydrogen-bond donors (Lipinski definition) is 1. The molecule has 0 radical (unpaired) electrons. The molecule has 0 aliphatic heterocycles. The fraction of sp³-hybridized carbons (Fsp3) is 0.167. The molecule has 1 N–H and O–H groups in total. The van der Waals surface area contributed by atoms with Crippen LogP contribution in [0.2, 0.25) is 0 Å². The van der Waals surface area contributed by atoms with Crippen LogP contribution >= 0.6 is 0 Å². The molecule has 0 saturated carbocycles. The first kappa shape index (κ1) is 24.6. The average molecular weight is 481 g/mol. The number of hydrogen-bond acceptors (Lipinski definition) is 6. The molecule has 0 fully saturated rings. The molecule has 3 aromatic carbocycles. The van der Waals surface area contributed by atoms with Crippen LogP contribution in [-0.4, -0.2) is 32.0 Å². The minimum atomic E-state index is -4.03. The number of hydrazone groups is 1. The lowest BCUT2D eigenvalue weighted by Gasteiger charge is -2.24. The molecule has 10 heteroatoms. The van der Waals surface area contributed by atoms with Crippen LogP contribution in [0.4, 0.5) is 11.4 Å². The van der Waals surface area contributed by atoms with E-state index in [1.54, 1.807) is 36.4 Å². The Morgan fingerprint density at radius 1 is 1.06 bits per heavy atom. The van der Waals surface area contributed by atoms with E-state index in [2.05, 4.69) is 10.5 Å². The Bertz CT molecular complexity index is 1290. The van der Waals surface area contributed by atoms with E-state index in [1.807, 2.05) is 26.0 Å². The van der Waals surface area contributed by atoms with E-state index in [4.69, 9.17) is 0 Å². The van der Waals surface area contributed by atoms with Crippen molar-refractivity contribution in [1.29, 1.82) is 0 Å². The predicted molar refractivity (Wildman–Crippen MR) is 130 cm³/mol. The van der Waals surface area contributed by atoms with E-state index in [-0.39, 0.29) is 16.5 Å². The van der Waals surface area contributed by atoms with Gasteiger partial charge in [-0.05, 0) is 35.7 Å². The first-order valence-corrected chi connectivity index (χ1v) is 11.9. The van der Waals surface area contributed by atoms with Gasteiger partial charge in [0.25, 0.3) is 21.6 Å². The molecule has 0 saturated heterocycles. The summed E-state index contributed by atoms with van der Waals surface area (Å²) in [5, 5.41) is 14.7. The molecule has 0 aromatic heterocycles. The number of anilines is 1. The number of carbonyl (C=O) groups excluding carboxylic acids is 1. The summed E-state index contributed by atoms with van der Waals surface area (Å²) in [5.41, 5.74) is 3.96. The summed E-state index contributed by atoms with van der Waals surface area (Å²) in [7, 11) is -4.03. The zero-order valence-electron chi connectivity index (χ0n) is 18.7. The van der Waals surface area contributed by atoms with Crippen LogP contribution < -0.4 is 9.73 Å². The molecular formula is C24H24N4O5S. The van der Waals surface area contributed by atoms with Crippen molar-refractivity contribution in [3.8, 4) is 0 Å². The van der Waals surface area contributed by atoms with Crippen LogP contribution in [0.1, 0.15) is 30.9 Å². The number of amides is 1. The largest absolute Gasteiger partial charge is 0.271 e. The summed E-state index contributed by atoms with van der Waals surface area (Å²) < 4.78 is 27.7. The number of nitro benzene ring substituents is 1. The molecule has 0 spiro atoms. The number of nitrogens with one attached hydrogen (secondary N) is 1. The Balaban J connectivity index is 1.83. The first-order chi connectivity index (χ1) is 16.2. The summed E-state index contributed by atoms with van der Waals surface area (Å²) in [6.07, 6.45) is 1.25. The quantitative estimate of drug-likeness (QED) is 0.281. The smallest absolute Gasteiger partial charge is 0.270 e. The number of non-ortho nitro benzene ring substituents is 1. The van der Waals surface area contributed by atoms with Crippen molar-refractivity contribution < 1.29 is 18.1 Å². The van der Waals surface area contributed by atoms with Crippen molar-refractivity contribution in [2.75, 3.05) is 10.8 Å². The molecule has 0 atom stereocenters. The lowest BCUT2D eigenvalue weighted by atomic mass is 10.0. The van der Waals surface area contributed by atoms with E-state index in [0.717, 1.165) is 9.87 Å². The van der Waals surface area contributed by atoms with Crippen LogP contribution in [0.5, 0.6) is 0 Å². The molecule has 3 aromatic rings.